The third-order valence-corrected chi connectivity index (χ3v) is 4.99. The summed E-state index contributed by atoms with van der Waals surface area (Å²) in [4.78, 5) is 12.9. The summed E-state index contributed by atoms with van der Waals surface area (Å²) in [6.45, 7) is 0. The van der Waals surface area contributed by atoms with Crippen LogP contribution in [0.3, 0.4) is 0 Å². The fourth-order valence-electron chi connectivity index (χ4n) is 3.66. The molecule has 2 heterocycles. The summed E-state index contributed by atoms with van der Waals surface area (Å²) in [5, 5.41) is 15.0. The van der Waals surface area contributed by atoms with Gasteiger partial charge >= 0.3 is 0 Å². The van der Waals surface area contributed by atoms with E-state index in [-0.39, 0.29) is 5.91 Å². The van der Waals surface area contributed by atoms with Gasteiger partial charge in [0.25, 0.3) is 5.91 Å². The SMILES string of the molecule is O=C(Nc1ccc2[nH]ncc2c1)c1nn(-c2ccc(F)c(F)c2)c2c1CCC2. The number of H-pyrrole nitrogens is 1. The van der Waals surface area contributed by atoms with Gasteiger partial charge in [-0.25, -0.2) is 13.5 Å². The first-order valence-corrected chi connectivity index (χ1v) is 8.91. The van der Waals surface area contributed by atoms with Gasteiger partial charge in [-0.05, 0) is 49.6 Å². The van der Waals surface area contributed by atoms with Gasteiger partial charge in [0.15, 0.2) is 17.3 Å². The van der Waals surface area contributed by atoms with E-state index in [9.17, 15) is 13.6 Å². The summed E-state index contributed by atoms with van der Waals surface area (Å²) in [7, 11) is 0. The van der Waals surface area contributed by atoms with Gasteiger partial charge in [0.2, 0.25) is 0 Å². The maximum Gasteiger partial charge on any atom is 0.276 e. The molecular formula is C20H15F2N5O. The molecule has 1 amide bonds. The molecule has 8 heteroatoms. The molecule has 4 aromatic rings. The normalized spacial score (nSPS) is 13.1. The van der Waals surface area contributed by atoms with E-state index in [1.807, 2.05) is 12.1 Å². The van der Waals surface area contributed by atoms with Crippen LogP contribution in [0, 0.1) is 11.6 Å². The number of hydrogen-bond acceptors (Lipinski definition) is 3. The van der Waals surface area contributed by atoms with Crippen LogP contribution >= 0.6 is 0 Å². The zero-order valence-corrected chi connectivity index (χ0v) is 14.7. The Kier molecular flexibility index (Phi) is 3.71. The van der Waals surface area contributed by atoms with Gasteiger partial charge < -0.3 is 5.32 Å². The number of carbonyl (C=O) groups is 1. The molecule has 28 heavy (non-hydrogen) atoms. The number of benzene rings is 2. The maximum atomic E-state index is 13.7. The third-order valence-electron chi connectivity index (χ3n) is 4.99. The van der Waals surface area contributed by atoms with E-state index in [4.69, 9.17) is 0 Å². The molecule has 5 rings (SSSR count). The van der Waals surface area contributed by atoms with E-state index in [1.54, 1.807) is 16.9 Å². The number of nitrogens with one attached hydrogen (secondary N) is 2. The molecule has 0 spiro atoms. The molecule has 0 saturated heterocycles. The number of carbonyl (C=O) groups excluding carboxylic acids is 1. The fourth-order valence-corrected chi connectivity index (χ4v) is 3.66. The number of halogens is 2. The van der Waals surface area contributed by atoms with Crippen LogP contribution in [0.25, 0.3) is 16.6 Å². The number of anilines is 1. The highest BCUT2D eigenvalue weighted by molar-refractivity contribution is 6.05. The number of amides is 1. The van der Waals surface area contributed by atoms with E-state index in [1.165, 1.54) is 6.07 Å². The first-order chi connectivity index (χ1) is 13.6. The zero-order chi connectivity index (χ0) is 19.3. The van der Waals surface area contributed by atoms with Crippen LogP contribution in [-0.2, 0) is 12.8 Å². The molecule has 1 aliphatic carbocycles. The van der Waals surface area contributed by atoms with Crippen molar-refractivity contribution in [2.24, 2.45) is 0 Å². The minimum atomic E-state index is -0.945. The summed E-state index contributed by atoms with van der Waals surface area (Å²) in [6, 6.07) is 9.05. The quantitative estimate of drug-likeness (QED) is 0.569. The number of nitrogens with zero attached hydrogens (tertiary/aromatic N) is 3. The summed E-state index contributed by atoms with van der Waals surface area (Å²) in [6.07, 6.45) is 4.02. The Morgan fingerprint density at radius 1 is 1.11 bits per heavy atom. The molecule has 6 nitrogen and oxygen atoms in total. The standard InChI is InChI=1S/C20H15F2N5O/c21-15-6-5-13(9-16(15)22)27-18-3-1-2-14(18)19(26-27)20(28)24-12-4-7-17-11(8-12)10-23-25-17/h4-10H,1-3H2,(H,23,25)(H,24,28). The Bertz CT molecular complexity index is 1230. The molecule has 0 radical (unpaired) electrons. The van der Waals surface area contributed by atoms with Crippen molar-refractivity contribution in [3.63, 3.8) is 0 Å². The molecule has 0 aliphatic heterocycles. The molecule has 2 N–H and O–H groups in total. The minimum Gasteiger partial charge on any atom is -0.321 e. The number of rotatable bonds is 3. The van der Waals surface area contributed by atoms with E-state index < -0.39 is 11.6 Å². The lowest BCUT2D eigenvalue weighted by Gasteiger charge is -2.06. The Morgan fingerprint density at radius 3 is 2.86 bits per heavy atom. The molecule has 0 atom stereocenters. The van der Waals surface area contributed by atoms with Crippen LogP contribution < -0.4 is 5.32 Å². The van der Waals surface area contributed by atoms with Crippen molar-refractivity contribution in [1.82, 2.24) is 20.0 Å². The molecule has 0 unspecified atom stereocenters. The molecule has 0 fully saturated rings. The number of aromatic amines is 1. The first-order valence-electron chi connectivity index (χ1n) is 8.91. The minimum absolute atomic E-state index is 0.310. The van der Waals surface area contributed by atoms with Crippen molar-refractivity contribution in [3.8, 4) is 5.69 Å². The van der Waals surface area contributed by atoms with Crippen LogP contribution in [0.15, 0.2) is 42.6 Å². The Balaban J connectivity index is 1.51. The molecule has 140 valence electrons. The van der Waals surface area contributed by atoms with Crippen molar-refractivity contribution < 1.29 is 13.6 Å². The molecule has 2 aromatic carbocycles. The average molecular weight is 379 g/mol. The lowest BCUT2D eigenvalue weighted by Crippen LogP contribution is -2.15. The second-order valence-electron chi connectivity index (χ2n) is 6.76. The van der Waals surface area contributed by atoms with Gasteiger partial charge in [0.05, 0.1) is 17.4 Å². The van der Waals surface area contributed by atoms with Gasteiger partial charge in [-0.2, -0.15) is 10.2 Å². The highest BCUT2D eigenvalue weighted by Crippen LogP contribution is 2.29. The smallest absolute Gasteiger partial charge is 0.276 e. The average Bonchev–Trinajstić information content (AvgIpc) is 3.39. The number of fused-ring (bicyclic) bond motifs is 2. The second kappa shape index (κ2) is 6.26. The predicted molar refractivity (Wildman–Crippen MR) is 99.6 cm³/mol. The van der Waals surface area contributed by atoms with E-state index in [2.05, 4.69) is 20.6 Å². The number of hydrogen-bond donors (Lipinski definition) is 2. The topological polar surface area (TPSA) is 75.6 Å². The molecule has 0 bridgehead atoms. The highest BCUT2D eigenvalue weighted by Gasteiger charge is 2.27. The summed E-state index contributed by atoms with van der Waals surface area (Å²) < 4.78 is 28.5. The molecular weight excluding hydrogens is 364 g/mol. The van der Waals surface area contributed by atoms with E-state index >= 15 is 0 Å². The first kappa shape index (κ1) is 16.6. The summed E-state index contributed by atoms with van der Waals surface area (Å²) >= 11 is 0. The fraction of sp³-hybridized carbons (Fsp3) is 0.150. The lowest BCUT2D eigenvalue weighted by molar-refractivity contribution is 0.102. The Morgan fingerprint density at radius 2 is 2.00 bits per heavy atom. The highest BCUT2D eigenvalue weighted by atomic mass is 19.2. The van der Waals surface area contributed by atoms with Crippen LogP contribution in [0.5, 0.6) is 0 Å². The van der Waals surface area contributed by atoms with Crippen molar-refractivity contribution in [2.75, 3.05) is 5.32 Å². The monoisotopic (exact) mass is 379 g/mol. The summed E-state index contributed by atoms with van der Waals surface area (Å²) in [5.74, 6) is -2.19. The van der Waals surface area contributed by atoms with E-state index in [0.717, 1.165) is 53.6 Å². The third kappa shape index (κ3) is 2.65. The Hall–Kier alpha value is -3.55. The largest absolute Gasteiger partial charge is 0.321 e. The second-order valence-corrected chi connectivity index (χ2v) is 6.76. The summed E-state index contributed by atoms with van der Waals surface area (Å²) in [5.41, 5.74) is 3.93. The van der Waals surface area contributed by atoms with Gasteiger partial charge in [-0.1, -0.05) is 0 Å². The van der Waals surface area contributed by atoms with Crippen LogP contribution in [0.2, 0.25) is 0 Å². The van der Waals surface area contributed by atoms with Gasteiger partial charge in [-0.15, -0.1) is 0 Å². The number of aromatic nitrogens is 4. The maximum absolute atomic E-state index is 13.7. The van der Waals surface area contributed by atoms with Gasteiger partial charge in [0, 0.05) is 28.4 Å². The predicted octanol–water partition coefficient (Wildman–Crippen LogP) is 3.77. The Labute approximate surface area is 158 Å². The van der Waals surface area contributed by atoms with Crippen molar-refractivity contribution >= 4 is 22.5 Å². The van der Waals surface area contributed by atoms with Crippen LogP contribution in [0.4, 0.5) is 14.5 Å². The zero-order valence-electron chi connectivity index (χ0n) is 14.7. The van der Waals surface area contributed by atoms with Crippen molar-refractivity contribution in [2.45, 2.75) is 19.3 Å². The van der Waals surface area contributed by atoms with Gasteiger partial charge in [-0.3, -0.25) is 9.89 Å². The van der Waals surface area contributed by atoms with Crippen molar-refractivity contribution in [3.05, 3.63) is 71.2 Å². The lowest BCUT2D eigenvalue weighted by atomic mass is 10.2. The molecule has 1 aliphatic rings. The molecule has 0 saturated carbocycles. The van der Waals surface area contributed by atoms with Crippen LogP contribution in [0.1, 0.15) is 28.2 Å². The van der Waals surface area contributed by atoms with Gasteiger partial charge in [0.1, 0.15) is 0 Å². The van der Waals surface area contributed by atoms with Crippen LogP contribution in [-0.4, -0.2) is 25.9 Å². The van der Waals surface area contributed by atoms with Crippen molar-refractivity contribution in [1.29, 1.82) is 0 Å². The molecule has 2 aromatic heterocycles. The van der Waals surface area contributed by atoms with E-state index in [0.29, 0.717) is 17.1 Å².